The molecule has 3 aromatic rings. The Bertz CT molecular complexity index is 1010. The van der Waals surface area contributed by atoms with Crippen LogP contribution in [0.4, 0.5) is 9.18 Å². The monoisotopic (exact) mass is 378 g/mol. The first-order valence-corrected chi connectivity index (χ1v) is 9.46. The molecule has 0 saturated heterocycles. The molecule has 1 unspecified atom stereocenters. The molecule has 1 atom stereocenters. The number of para-hydroxylation sites is 1. The van der Waals surface area contributed by atoms with Crippen LogP contribution in [-0.4, -0.2) is 15.8 Å². The fourth-order valence-electron chi connectivity index (χ4n) is 3.87. The van der Waals surface area contributed by atoms with E-state index in [-0.39, 0.29) is 17.9 Å². The number of hydrogen-bond donors (Lipinski definition) is 2. The second-order valence-electron chi connectivity index (χ2n) is 7.16. The van der Waals surface area contributed by atoms with Crippen molar-refractivity contribution < 1.29 is 9.18 Å². The van der Waals surface area contributed by atoms with Gasteiger partial charge in [0.05, 0.1) is 17.4 Å². The van der Waals surface area contributed by atoms with E-state index in [0.717, 1.165) is 46.6 Å². The number of urea groups is 1. The van der Waals surface area contributed by atoms with Gasteiger partial charge < -0.3 is 10.6 Å². The van der Waals surface area contributed by atoms with Crippen LogP contribution in [0, 0.1) is 19.7 Å². The summed E-state index contributed by atoms with van der Waals surface area (Å²) in [6.07, 6.45) is 1.57. The Morgan fingerprint density at radius 1 is 1.21 bits per heavy atom. The van der Waals surface area contributed by atoms with E-state index in [2.05, 4.69) is 15.7 Å². The van der Waals surface area contributed by atoms with Gasteiger partial charge in [-0.25, -0.2) is 13.9 Å². The number of nitrogens with zero attached hydrogens (tertiary/aromatic N) is 2. The van der Waals surface area contributed by atoms with Crippen LogP contribution in [0.1, 0.15) is 40.5 Å². The van der Waals surface area contributed by atoms with Gasteiger partial charge in [-0.1, -0.05) is 24.3 Å². The normalized spacial score (nSPS) is 15.3. The molecule has 1 aliphatic rings. The molecule has 0 fully saturated rings. The van der Waals surface area contributed by atoms with Crippen LogP contribution < -0.4 is 10.6 Å². The molecule has 0 bridgehead atoms. The van der Waals surface area contributed by atoms with Gasteiger partial charge in [-0.15, -0.1) is 0 Å². The highest BCUT2D eigenvalue weighted by atomic mass is 19.1. The number of aryl methyl sites for hydroxylation is 2. The van der Waals surface area contributed by atoms with Gasteiger partial charge in [0.2, 0.25) is 0 Å². The number of rotatable bonds is 4. The molecule has 0 spiro atoms. The Labute approximate surface area is 163 Å². The fraction of sp³-hybridized carbons (Fsp3) is 0.273. The largest absolute Gasteiger partial charge is 0.334 e. The molecular formula is C22H23FN4O. The van der Waals surface area contributed by atoms with Crippen molar-refractivity contribution in [3.05, 3.63) is 82.4 Å². The third kappa shape index (κ3) is 3.50. The summed E-state index contributed by atoms with van der Waals surface area (Å²) >= 11 is 0. The average Bonchev–Trinajstić information content (AvgIpc) is 3.21. The molecule has 2 amide bonds. The lowest BCUT2D eigenvalue weighted by atomic mass is 10.1. The van der Waals surface area contributed by atoms with Gasteiger partial charge in [0.15, 0.2) is 0 Å². The zero-order valence-corrected chi connectivity index (χ0v) is 16.0. The SMILES string of the molecule is Cc1nn(-c2ccccc2)c(C)c1CNC(=O)NC1CCc2cc(F)ccc21. The number of aromatic nitrogens is 2. The number of carbonyl (C=O) groups excluding carboxylic acids is 1. The maximum Gasteiger partial charge on any atom is 0.315 e. The Balaban J connectivity index is 1.42. The standard InChI is InChI=1S/C22H23FN4O/c1-14-20(15(2)27(26-14)18-6-4-3-5-7-18)13-24-22(28)25-21-11-8-16-12-17(23)9-10-19(16)21/h3-7,9-10,12,21H,8,11,13H2,1-2H3,(H2,24,25,28). The minimum Gasteiger partial charge on any atom is -0.334 e. The first-order valence-electron chi connectivity index (χ1n) is 9.46. The van der Waals surface area contributed by atoms with E-state index < -0.39 is 0 Å². The fourth-order valence-corrected chi connectivity index (χ4v) is 3.87. The molecule has 144 valence electrons. The average molecular weight is 378 g/mol. The first-order chi connectivity index (χ1) is 13.5. The molecule has 0 radical (unpaired) electrons. The lowest BCUT2D eigenvalue weighted by Gasteiger charge is -2.15. The number of amides is 2. The zero-order valence-electron chi connectivity index (χ0n) is 16.0. The topological polar surface area (TPSA) is 59.0 Å². The van der Waals surface area contributed by atoms with Crippen LogP contribution in [-0.2, 0) is 13.0 Å². The van der Waals surface area contributed by atoms with Crippen LogP contribution in [0.15, 0.2) is 48.5 Å². The minimum absolute atomic E-state index is 0.0789. The summed E-state index contributed by atoms with van der Waals surface area (Å²) in [6.45, 7) is 4.35. The molecule has 6 heteroatoms. The lowest BCUT2D eigenvalue weighted by Crippen LogP contribution is -2.37. The van der Waals surface area contributed by atoms with Gasteiger partial charge in [-0.05, 0) is 62.1 Å². The van der Waals surface area contributed by atoms with E-state index in [0.29, 0.717) is 6.54 Å². The molecule has 1 aliphatic carbocycles. The number of fused-ring (bicyclic) bond motifs is 1. The Hall–Kier alpha value is -3.15. The van der Waals surface area contributed by atoms with Crippen molar-refractivity contribution >= 4 is 6.03 Å². The number of carbonyl (C=O) groups is 1. The van der Waals surface area contributed by atoms with E-state index in [4.69, 9.17) is 0 Å². The van der Waals surface area contributed by atoms with Gasteiger partial charge in [-0.2, -0.15) is 5.10 Å². The Morgan fingerprint density at radius 2 is 2.00 bits per heavy atom. The number of benzene rings is 2. The van der Waals surface area contributed by atoms with Gasteiger partial charge in [0.1, 0.15) is 5.82 Å². The van der Waals surface area contributed by atoms with Crippen LogP contribution in [0.3, 0.4) is 0 Å². The molecule has 0 saturated carbocycles. The number of hydrogen-bond acceptors (Lipinski definition) is 2. The van der Waals surface area contributed by atoms with E-state index in [1.807, 2.05) is 48.9 Å². The van der Waals surface area contributed by atoms with E-state index in [1.54, 1.807) is 12.1 Å². The maximum absolute atomic E-state index is 13.4. The molecule has 1 heterocycles. The molecule has 2 aromatic carbocycles. The highest BCUT2D eigenvalue weighted by molar-refractivity contribution is 5.74. The van der Waals surface area contributed by atoms with Crippen LogP contribution in [0.25, 0.3) is 5.69 Å². The highest BCUT2D eigenvalue weighted by Gasteiger charge is 2.24. The van der Waals surface area contributed by atoms with E-state index in [1.165, 1.54) is 6.07 Å². The van der Waals surface area contributed by atoms with E-state index in [9.17, 15) is 9.18 Å². The summed E-state index contributed by atoms with van der Waals surface area (Å²) in [5, 5.41) is 10.5. The van der Waals surface area contributed by atoms with Crippen LogP contribution in [0.2, 0.25) is 0 Å². The highest BCUT2D eigenvalue weighted by Crippen LogP contribution is 2.31. The number of nitrogens with one attached hydrogen (secondary N) is 2. The van der Waals surface area contributed by atoms with Gasteiger partial charge in [0.25, 0.3) is 0 Å². The molecular weight excluding hydrogens is 355 g/mol. The quantitative estimate of drug-likeness (QED) is 0.718. The number of halogens is 1. The molecule has 28 heavy (non-hydrogen) atoms. The second kappa shape index (κ2) is 7.46. The predicted molar refractivity (Wildman–Crippen MR) is 106 cm³/mol. The third-order valence-corrected chi connectivity index (χ3v) is 5.36. The van der Waals surface area contributed by atoms with Crippen LogP contribution >= 0.6 is 0 Å². The smallest absolute Gasteiger partial charge is 0.315 e. The molecule has 4 rings (SSSR count). The Morgan fingerprint density at radius 3 is 2.79 bits per heavy atom. The van der Waals surface area contributed by atoms with Crippen molar-refractivity contribution in [2.45, 2.75) is 39.3 Å². The van der Waals surface area contributed by atoms with Gasteiger partial charge in [0, 0.05) is 17.8 Å². The van der Waals surface area contributed by atoms with Crippen molar-refractivity contribution in [1.29, 1.82) is 0 Å². The second-order valence-corrected chi connectivity index (χ2v) is 7.16. The summed E-state index contributed by atoms with van der Waals surface area (Å²) in [6, 6.07) is 14.4. The summed E-state index contributed by atoms with van der Waals surface area (Å²) in [4.78, 5) is 12.4. The summed E-state index contributed by atoms with van der Waals surface area (Å²) in [5.74, 6) is -0.231. The lowest BCUT2D eigenvalue weighted by molar-refractivity contribution is 0.236. The maximum atomic E-state index is 13.4. The summed E-state index contributed by atoms with van der Waals surface area (Å²) < 4.78 is 15.2. The predicted octanol–water partition coefficient (Wildman–Crippen LogP) is 4.11. The molecule has 2 N–H and O–H groups in total. The van der Waals surface area contributed by atoms with Crippen molar-refractivity contribution in [2.24, 2.45) is 0 Å². The van der Waals surface area contributed by atoms with Crippen LogP contribution in [0.5, 0.6) is 0 Å². The summed E-state index contributed by atoms with van der Waals surface area (Å²) in [7, 11) is 0. The van der Waals surface area contributed by atoms with Crippen molar-refractivity contribution in [3.63, 3.8) is 0 Å². The van der Waals surface area contributed by atoms with Gasteiger partial charge in [-0.3, -0.25) is 0 Å². The van der Waals surface area contributed by atoms with E-state index >= 15 is 0 Å². The summed E-state index contributed by atoms with van der Waals surface area (Å²) in [5.41, 5.74) is 5.87. The molecule has 5 nitrogen and oxygen atoms in total. The minimum atomic E-state index is -0.231. The molecule has 0 aliphatic heterocycles. The third-order valence-electron chi connectivity index (χ3n) is 5.36. The molecule has 1 aromatic heterocycles. The van der Waals surface area contributed by atoms with Crippen molar-refractivity contribution in [2.75, 3.05) is 0 Å². The first kappa shape index (κ1) is 18.2. The van der Waals surface area contributed by atoms with Gasteiger partial charge >= 0.3 is 6.03 Å². The van der Waals surface area contributed by atoms with Crippen molar-refractivity contribution in [1.82, 2.24) is 20.4 Å². The van der Waals surface area contributed by atoms with Crippen molar-refractivity contribution in [3.8, 4) is 5.69 Å². The Kier molecular flexibility index (Phi) is 4.86. The zero-order chi connectivity index (χ0) is 19.7.